The molecule has 38 heavy (non-hydrogen) atoms. The summed E-state index contributed by atoms with van der Waals surface area (Å²) < 4.78 is 0. The van der Waals surface area contributed by atoms with Crippen LogP contribution in [0.15, 0.2) is 82.8 Å². The Morgan fingerprint density at radius 1 is 1.05 bits per heavy atom. The summed E-state index contributed by atoms with van der Waals surface area (Å²) in [6.45, 7) is 2.78. The number of aromatic carboxylic acids is 1. The molecule has 1 aliphatic heterocycles. The molecular formula is C29H30N4O3S2. The van der Waals surface area contributed by atoms with Crippen molar-refractivity contribution in [2.45, 2.75) is 37.5 Å². The maximum absolute atomic E-state index is 13.4. The summed E-state index contributed by atoms with van der Waals surface area (Å²) in [6.07, 6.45) is 3.85. The first-order valence-corrected chi connectivity index (χ1v) is 14.0. The number of thioether (sulfide) groups is 1. The SMILES string of the molecule is CCCCCN1C(=O)/C(=N\NC(=S)Nc2ccccc2)c2cc(SCCc3ccc(C(=O)O)cc3)ccc21. The van der Waals surface area contributed by atoms with Gasteiger partial charge in [-0.2, -0.15) is 5.10 Å². The Hall–Kier alpha value is -3.69. The monoisotopic (exact) mass is 546 g/mol. The number of hydrogen-bond donors (Lipinski definition) is 3. The van der Waals surface area contributed by atoms with E-state index in [1.54, 1.807) is 28.8 Å². The number of thiocarbonyl (C=S) groups is 1. The summed E-state index contributed by atoms with van der Waals surface area (Å²) >= 11 is 7.07. The van der Waals surface area contributed by atoms with Gasteiger partial charge in [0, 0.05) is 28.4 Å². The van der Waals surface area contributed by atoms with E-state index in [9.17, 15) is 9.59 Å². The van der Waals surface area contributed by atoms with Crippen molar-refractivity contribution in [1.29, 1.82) is 0 Å². The van der Waals surface area contributed by atoms with E-state index in [0.29, 0.717) is 17.4 Å². The van der Waals surface area contributed by atoms with E-state index in [1.807, 2.05) is 60.7 Å². The largest absolute Gasteiger partial charge is 0.478 e. The number of benzene rings is 3. The van der Waals surface area contributed by atoms with Crippen LogP contribution < -0.4 is 15.6 Å². The van der Waals surface area contributed by atoms with E-state index in [-0.39, 0.29) is 11.5 Å². The fraction of sp³-hybridized carbons (Fsp3) is 0.241. The Bertz CT molecular complexity index is 1330. The van der Waals surface area contributed by atoms with Gasteiger partial charge in [0.1, 0.15) is 0 Å². The maximum atomic E-state index is 13.4. The van der Waals surface area contributed by atoms with Gasteiger partial charge >= 0.3 is 5.97 Å². The highest BCUT2D eigenvalue weighted by atomic mass is 32.2. The van der Waals surface area contributed by atoms with E-state index in [2.05, 4.69) is 22.8 Å². The Labute approximate surface area is 232 Å². The van der Waals surface area contributed by atoms with Crippen molar-refractivity contribution in [3.63, 3.8) is 0 Å². The van der Waals surface area contributed by atoms with Gasteiger partial charge in [-0.05, 0) is 73.1 Å². The lowest BCUT2D eigenvalue weighted by molar-refractivity contribution is -0.112. The van der Waals surface area contributed by atoms with Crippen LogP contribution in [0.1, 0.15) is 47.7 Å². The van der Waals surface area contributed by atoms with E-state index < -0.39 is 5.97 Å². The van der Waals surface area contributed by atoms with Gasteiger partial charge in [0.15, 0.2) is 10.8 Å². The number of fused-ring (bicyclic) bond motifs is 1. The summed E-state index contributed by atoms with van der Waals surface area (Å²) in [5.41, 5.74) is 7.04. The number of carboxylic acids is 1. The molecule has 0 bridgehead atoms. The van der Waals surface area contributed by atoms with Crippen molar-refractivity contribution in [2.24, 2.45) is 5.10 Å². The predicted molar refractivity (Wildman–Crippen MR) is 158 cm³/mol. The lowest BCUT2D eigenvalue weighted by atomic mass is 10.1. The predicted octanol–water partition coefficient (Wildman–Crippen LogP) is 5.95. The van der Waals surface area contributed by atoms with E-state index in [1.165, 1.54) is 0 Å². The molecule has 0 unspecified atom stereocenters. The molecule has 9 heteroatoms. The molecular weight excluding hydrogens is 516 g/mol. The number of carbonyl (C=O) groups is 2. The second-order valence-electron chi connectivity index (χ2n) is 8.84. The molecule has 1 aliphatic rings. The Morgan fingerprint density at radius 2 is 1.82 bits per heavy atom. The first-order chi connectivity index (χ1) is 18.5. The van der Waals surface area contributed by atoms with E-state index >= 15 is 0 Å². The molecule has 0 spiro atoms. The lowest BCUT2D eigenvalue weighted by Gasteiger charge is -2.16. The highest BCUT2D eigenvalue weighted by molar-refractivity contribution is 7.99. The molecule has 3 aromatic rings. The van der Waals surface area contributed by atoms with Crippen LogP contribution in [0.2, 0.25) is 0 Å². The van der Waals surface area contributed by atoms with Crippen LogP contribution >= 0.6 is 24.0 Å². The standard InChI is InChI=1S/C29H30N4O3S2/c1-2-3-7-17-33-25-15-14-23(38-18-16-20-10-12-21(13-11-20)28(35)36)19-24(25)26(27(33)34)31-32-29(37)30-22-8-5-4-6-9-22/h4-6,8-15,19H,2-3,7,16-18H2,1H3,(H,35,36)(H2,30,32,37)/b31-26-. The topological polar surface area (TPSA) is 94.0 Å². The number of hydrazone groups is 1. The molecule has 196 valence electrons. The van der Waals surface area contributed by atoms with Crippen molar-refractivity contribution < 1.29 is 14.7 Å². The van der Waals surface area contributed by atoms with Crippen LogP contribution in [0.5, 0.6) is 0 Å². The number of aryl methyl sites for hydroxylation is 1. The number of para-hydroxylation sites is 1. The van der Waals surface area contributed by atoms with Gasteiger partial charge in [0.25, 0.3) is 5.91 Å². The number of nitrogens with zero attached hydrogens (tertiary/aromatic N) is 2. The molecule has 1 heterocycles. The second-order valence-corrected chi connectivity index (χ2v) is 10.4. The quantitative estimate of drug-likeness (QED) is 0.118. The number of amides is 1. The van der Waals surface area contributed by atoms with Crippen LogP contribution in [0, 0.1) is 0 Å². The zero-order valence-corrected chi connectivity index (χ0v) is 22.8. The smallest absolute Gasteiger partial charge is 0.335 e. The van der Waals surface area contributed by atoms with Gasteiger partial charge in [-0.3, -0.25) is 10.2 Å². The van der Waals surface area contributed by atoms with Crippen LogP contribution in [0.25, 0.3) is 0 Å². The zero-order chi connectivity index (χ0) is 26.9. The number of carbonyl (C=O) groups excluding carboxylic acids is 1. The zero-order valence-electron chi connectivity index (χ0n) is 21.1. The van der Waals surface area contributed by atoms with Crippen molar-refractivity contribution in [2.75, 3.05) is 22.5 Å². The number of anilines is 2. The second kappa shape index (κ2) is 13.2. The third-order valence-electron chi connectivity index (χ3n) is 6.11. The van der Waals surface area contributed by atoms with Gasteiger partial charge in [0.05, 0.1) is 11.3 Å². The minimum Gasteiger partial charge on any atom is -0.478 e. The van der Waals surface area contributed by atoms with Crippen LogP contribution in [0.3, 0.4) is 0 Å². The highest BCUT2D eigenvalue weighted by Gasteiger charge is 2.34. The van der Waals surface area contributed by atoms with Crippen molar-refractivity contribution >= 4 is 58.1 Å². The summed E-state index contributed by atoms with van der Waals surface area (Å²) in [5.74, 6) is -0.243. The average molecular weight is 547 g/mol. The van der Waals surface area contributed by atoms with Crippen LogP contribution in [-0.4, -0.2) is 40.1 Å². The van der Waals surface area contributed by atoms with Crippen molar-refractivity contribution in [1.82, 2.24) is 5.43 Å². The fourth-order valence-corrected chi connectivity index (χ4v) is 5.22. The summed E-state index contributed by atoms with van der Waals surface area (Å²) in [7, 11) is 0. The van der Waals surface area contributed by atoms with Gasteiger partial charge in [0.2, 0.25) is 0 Å². The van der Waals surface area contributed by atoms with Gasteiger partial charge in [-0.15, -0.1) is 11.8 Å². The fourth-order valence-electron chi connectivity index (χ4n) is 4.12. The minimum absolute atomic E-state index is 0.133. The molecule has 1 amide bonds. The highest BCUT2D eigenvalue weighted by Crippen LogP contribution is 2.33. The van der Waals surface area contributed by atoms with Crippen LogP contribution in [-0.2, 0) is 11.2 Å². The average Bonchev–Trinajstić information content (AvgIpc) is 3.18. The number of hydrogen-bond acceptors (Lipinski definition) is 5. The van der Waals surface area contributed by atoms with Crippen molar-refractivity contribution in [3.8, 4) is 0 Å². The van der Waals surface area contributed by atoms with E-state index in [0.717, 1.165) is 58.8 Å². The molecule has 4 rings (SSSR count). The maximum Gasteiger partial charge on any atom is 0.335 e. The molecule has 0 aliphatic carbocycles. The Morgan fingerprint density at radius 3 is 2.53 bits per heavy atom. The minimum atomic E-state index is -0.925. The molecule has 3 N–H and O–H groups in total. The number of nitrogens with one attached hydrogen (secondary N) is 2. The number of carboxylic acid groups (broad SMARTS) is 1. The molecule has 0 aromatic heterocycles. The van der Waals surface area contributed by atoms with Crippen molar-refractivity contribution in [3.05, 3.63) is 89.5 Å². The van der Waals surface area contributed by atoms with Crippen LogP contribution in [0.4, 0.5) is 11.4 Å². The lowest BCUT2D eigenvalue weighted by Crippen LogP contribution is -2.33. The molecule has 7 nitrogen and oxygen atoms in total. The molecule has 0 fully saturated rings. The van der Waals surface area contributed by atoms with Gasteiger partial charge in [-0.1, -0.05) is 50.1 Å². The summed E-state index contributed by atoms with van der Waals surface area (Å²) in [4.78, 5) is 27.3. The summed E-state index contributed by atoms with van der Waals surface area (Å²) in [5, 5.41) is 16.9. The summed E-state index contributed by atoms with van der Waals surface area (Å²) in [6, 6.07) is 22.5. The van der Waals surface area contributed by atoms with Gasteiger partial charge < -0.3 is 15.3 Å². The number of rotatable bonds is 11. The molecule has 0 saturated carbocycles. The Balaban J connectivity index is 1.47. The van der Waals surface area contributed by atoms with E-state index in [4.69, 9.17) is 17.3 Å². The third-order valence-corrected chi connectivity index (χ3v) is 7.30. The first kappa shape index (κ1) is 27.3. The number of unbranched alkanes of at least 4 members (excludes halogenated alkanes) is 2. The molecule has 0 saturated heterocycles. The normalized spacial score (nSPS) is 13.4. The Kier molecular flexibility index (Phi) is 9.51. The van der Waals surface area contributed by atoms with Gasteiger partial charge in [-0.25, -0.2) is 4.79 Å². The first-order valence-electron chi connectivity index (χ1n) is 12.6. The molecule has 3 aromatic carbocycles. The molecule has 0 atom stereocenters. The third kappa shape index (κ3) is 6.99. The molecule has 0 radical (unpaired) electrons.